The molecule has 0 unspecified atom stereocenters. The molecule has 0 atom stereocenters. The van der Waals surface area contributed by atoms with Gasteiger partial charge in [0.25, 0.3) is 0 Å². The van der Waals surface area contributed by atoms with Crippen molar-refractivity contribution in [1.29, 1.82) is 0 Å². The van der Waals surface area contributed by atoms with E-state index >= 15 is 0 Å². The maximum absolute atomic E-state index is 5.73. The number of hydrogen-bond donors (Lipinski definition) is 1. The summed E-state index contributed by atoms with van der Waals surface area (Å²) in [6.45, 7) is 6.09. The molecule has 0 amide bonds. The van der Waals surface area contributed by atoms with Crippen LogP contribution in [-0.4, -0.2) is 13.2 Å². The zero-order chi connectivity index (χ0) is 10.8. The first-order valence-electron chi connectivity index (χ1n) is 5.35. The van der Waals surface area contributed by atoms with E-state index in [2.05, 4.69) is 13.8 Å². The second-order valence-corrected chi connectivity index (χ2v) is 4.02. The Morgan fingerprint density at radius 1 is 1.27 bits per heavy atom. The summed E-state index contributed by atoms with van der Waals surface area (Å²) < 4.78 is 11.2. The lowest BCUT2D eigenvalue weighted by molar-refractivity contribution is 0.169. The molecule has 1 aliphatic rings. The van der Waals surface area contributed by atoms with Crippen LogP contribution >= 0.6 is 0 Å². The smallest absolute Gasteiger partial charge is 0.165 e. The zero-order valence-corrected chi connectivity index (χ0v) is 9.25. The molecule has 1 aromatic rings. The first-order chi connectivity index (χ1) is 7.24. The molecule has 3 nitrogen and oxygen atoms in total. The summed E-state index contributed by atoms with van der Waals surface area (Å²) in [6, 6.07) is 3.98. The molecule has 0 aliphatic carbocycles. The third-order valence-corrected chi connectivity index (χ3v) is 2.63. The zero-order valence-electron chi connectivity index (χ0n) is 9.25. The molecule has 2 N–H and O–H groups in total. The van der Waals surface area contributed by atoms with Crippen LogP contribution in [0, 0.1) is 0 Å². The minimum absolute atomic E-state index is 0.403. The van der Waals surface area contributed by atoms with Gasteiger partial charge in [-0.05, 0) is 17.5 Å². The number of fused-ring (bicyclic) bond motifs is 1. The summed E-state index contributed by atoms with van der Waals surface area (Å²) in [5.74, 6) is 2.14. The molecule has 0 radical (unpaired) electrons. The number of hydrogen-bond acceptors (Lipinski definition) is 3. The fourth-order valence-corrected chi connectivity index (χ4v) is 1.99. The van der Waals surface area contributed by atoms with Gasteiger partial charge >= 0.3 is 0 Å². The SMILES string of the molecule is CC(C)c1c(CN)ccc2c1OCCO2. The van der Waals surface area contributed by atoms with Crippen molar-refractivity contribution >= 4 is 0 Å². The molecule has 82 valence electrons. The van der Waals surface area contributed by atoms with Crippen molar-refractivity contribution in [2.45, 2.75) is 26.3 Å². The molecule has 3 heteroatoms. The lowest BCUT2D eigenvalue weighted by Gasteiger charge is -2.24. The van der Waals surface area contributed by atoms with Crippen molar-refractivity contribution in [3.63, 3.8) is 0 Å². The molecule has 1 aromatic carbocycles. The van der Waals surface area contributed by atoms with Crippen molar-refractivity contribution in [3.05, 3.63) is 23.3 Å². The Morgan fingerprint density at radius 2 is 2.00 bits per heavy atom. The van der Waals surface area contributed by atoms with Crippen LogP contribution in [0.5, 0.6) is 11.5 Å². The summed E-state index contributed by atoms with van der Waals surface area (Å²) >= 11 is 0. The van der Waals surface area contributed by atoms with E-state index in [1.165, 1.54) is 5.56 Å². The Morgan fingerprint density at radius 3 is 2.67 bits per heavy atom. The molecule has 2 rings (SSSR count). The number of benzene rings is 1. The quantitative estimate of drug-likeness (QED) is 0.807. The maximum atomic E-state index is 5.73. The summed E-state index contributed by atoms with van der Waals surface area (Å²) in [6.07, 6.45) is 0. The summed E-state index contributed by atoms with van der Waals surface area (Å²) in [5.41, 5.74) is 8.06. The van der Waals surface area contributed by atoms with Crippen LogP contribution in [0.4, 0.5) is 0 Å². The molecule has 0 bridgehead atoms. The van der Waals surface area contributed by atoms with E-state index in [0.717, 1.165) is 17.1 Å². The van der Waals surface area contributed by atoms with E-state index in [0.29, 0.717) is 25.7 Å². The van der Waals surface area contributed by atoms with Crippen molar-refractivity contribution in [2.75, 3.05) is 13.2 Å². The molecule has 0 saturated heterocycles. The van der Waals surface area contributed by atoms with E-state index in [4.69, 9.17) is 15.2 Å². The van der Waals surface area contributed by atoms with Gasteiger partial charge in [0, 0.05) is 12.1 Å². The first kappa shape index (κ1) is 10.3. The van der Waals surface area contributed by atoms with Gasteiger partial charge in [-0.3, -0.25) is 0 Å². The van der Waals surface area contributed by atoms with E-state index in [1.807, 2.05) is 12.1 Å². The van der Waals surface area contributed by atoms with E-state index in [1.54, 1.807) is 0 Å². The van der Waals surface area contributed by atoms with Crippen molar-refractivity contribution in [1.82, 2.24) is 0 Å². The van der Waals surface area contributed by atoms with Gasteiger partial charge in [0.2, 0.25) is 0 Å². The average molecular weight is 207 g/mol. The molecule has 1 heterocycles. The van der Waals surface area contributed by atoms with Crippen LogP contribution in [0.1, 0.15) is 30.9 Å². The largest absolute Gasteiger partial charge is 0.486 e. The van der Waals surface area contributed by atoms with Gasteiger partial charge < -0.3 is 15.2 Å². The molecule has 1 aliphatic heterocycles. The van der Waals surface area contributed by atoms with Gasteiger partial charge in [-0.2, -0.15) is 0 Å². The number of nitrogens with two attached hydrogens (primary N) is 1. The number of ether oxygens (including phenoxy) is 2. The third kappa shape index (κ3) is 1.79. The molecule has 0 aromatic heterocycles. The van der Waals surface area contributed by atoms with E-state index < -0.39 is 0 Å². The lowest BCUT2D eigenvalue weighted by Crippen LogP contribution is -2.18. The van der Waals surface area contributed by atoms with Crippen LogP contribution in [0.2, 0.25) is 0 Å². The molecule has 0 saturated carbocycles. The lowest BCUT2D eigenvalue weighted by atomic mass is 9.95. The highest BCUT2D eigenvalue weighted by Gasteiger charge is 2.20. The van der Waals surface area contributed by atoms with Crippen LogP contribution in [0.25, 0.3) is 0 Å². The Hall–Kier alpha value is -1.22. The Kier molecular flexibility index (Phi) is 2.82. The van der Waals surface area contributed by atoms with Crippen LogP contribution < -0.4 is 15.2 Å². The molecule has 0 fully saturated rings. The monoisotopic (exact) mass is 207 g/mol. The highest BCUT2D eigenvalue weighted by atomic mass is 16.6. The topological polar surface area (TPSA) is 44.5 Å². The maximum Gasteiger partial charge on any atom is 0.165 e. The predicted molar refractivity (Wildman–Crippen MR) is 59.4 cm³/mol. The standard InChI is InChI=1S/C12H17NO2/c1-8(2)11-9(7-13)3-4-10-12(11)15-6-5-14-10/h3-4,8H,5-7,13H2,1-2H3. The van der Waals surface area contributed by atoms with Crippen molar-refractivity contribution in [2.24, 2.45) is 5.73 Å². The Balaban J connectivity index is 2.54. The highest BCUT2D eigenvalue weighted by Crippen LogP contribution is 2.39. The third-order valence-electron chi connectivity index (χ3n) is 2.63. The van der Waals surface area contributed by atoms with Gasteiger partial charge in [-0.1, -0.05) is 19.9 Å². The average Bonchev–Trinajstić information content (AvgIpc) is 2.27. The summed E-state index contributed by atoms with van der Waals surface area (Å²) in [7, 11) is 0. The van der Waals surface area contributed by atoms with Crippen LogP contribution in [0.15, 0.2) is 12.1 Å². The Labute approximate surface area is 90.2 Å². The van der Waals surface area contributed by atoms with Gasteiger partial charge in [-0.15, -0.1) is 0 Å². The predicted octanol–water partition coefficient (Wildman–Crippen LogP) is 2.04. The van der Waals surface area contributed by atoms with Gasteiger partial charge in [0.15, 0.2) is 11.5 Å². The van der Waals surface area contributed by atoms with Crippen LogP contribution in [-0.2, 0) is 6.54 Å². The van der Waals surface area contributed by atoms with Gasteiger partial charge in [0.1, 0.15) is 13.2 Å². The summed E-state index contributed by atoms with van der Waals surface area (Å²) in [4.78, 5) is 0. The summed E-state index contributed by atoms with van der Waals surface area (Å²) in [5, 5.41) is 0. The fraction of sp³-hybridized carbons (Fsp3) is 0.500. The minimum Gasteiger partial charge on any atom is -0.486 e. The van der Waals surface area contributed by atoms with Crippen molar-refractivity contribution in [3.8, 4) is 11.5 Å². The Bertz CT molecular complexity index is 361. The normalized spacial score (nSPS) is 14.4. The van der Waals surface area contributed by atoms with Crippen LogP contribution in [0.3, 0.4) is 0 Å². The highest BCUT2D eigenvalue weighted by molar-refractivity contribution is 5.52. The second-order valence-electron chi connectivity index (χ2n) is 4.02. The van der Waals surface area contributed by atoms with Gasteiger partial charge in [-0.25, -0.2) is 0 Å². The molecular formula is C12H17NO2. The van der Waals surface area contributed by atoms with Crippen molar-refractivity contribution < 1.29 is 9.47 Å². The van der Waals surface area contributed by atoms with E-state index in [-0.39, 0.29) is 0 Å². The second kappa shape index (κ2) is 4.11. The minimum atomic E-state index is 0.403. The molecular weight excluding hydrogens is 190 g/mol. The van der Waals surface area contributed by atoms with E-state index in [9.17, 15) is 0 Å². The molecule has 15 heavy (non-hydrogen) atoms. The number of rotatable bonds is 2. The van der Waals surface area contributed by atoms with Gasteiger partial charge in [0.05, 0.1) is 0 Å². The fourth-order valence-electron chi connectivity index (χ4n) is 1.99. The first-order valence-corrected chi connectivity index (χ1v) is 5.35. The molecule has 0 spiro atoms.